The van der Waals surface area contributed by atoms with Gasteiger partial charge in [0, 0.05) is 6.04 Å². The van der Waals surface area contributed by atoms with E-state index in [4.69, 9.17) is 14.6 Å². The SMILES string of the molecule is CCOc1ccc(S(=O)(=O)N(c2ccc(C)cc2OCc2ccc(C(=O)O)cc2)C(C)C)cc1. The number of sulfonamides is 1. The first kappa shape index (κ1) is 25.1. The van der Waals surface area contributed by atoms with Crippen LogP contribution in [0, 0.1) is 6.92 Å². The van der Waals surface area contributed by atoms with Crippen molar-refractivity contribution in [2.45, 2.75) is 45.2 Å². The molecule has 0 saturated carbocycles. The van der Waals surface area contributed by atoms with E-state index in [2.05, 4.69) is 0 Å². The van der Waals surface area contributed by atoms with Crippen LogP contribution in [0.25, 0.3) is 0 Å². The minimum Gasteiger partial charge on any atom is -0.494 e. The minimum atomic E-state index is -3.89. The molecule has 0 atom stereocenters. The van der Waals surface area contributed by atoms with Crippen molar-refractivity contribution in [3.05, 3.63) is 83.4 Å². The van der Waals surface area contributed by atoms with Gasteiger partial charge in [0.1, 0.15) is 18.1 Å². The summed E-state index contributed by atoms with van der Waals surface area (Å²) in [6.07, 6.45) is 0. The van der Waals surface area contributed by atoms with Gasteiger partial charge in [0.25, 0.3) is 10.0 Å². The van der Waals surface area contributed by atoms with Crippen LogP contribution < -0.4 is 13.8 Å². The Labute approximate surface area is 200 Å². The number of carbonyl (C=O) groups is 1. The van der Waals surface area contributed by atoms with Crippen LogP contribution in [0.1, 0.15) is 42.3 Å². The Morgan fingerprint density at radius 1 is 0.971 bits per heavy atom. The van der Waals surface area contributed by atoms with E-state index < -0.39 is 16.0 Å². The first-order chi connectivity index (χ1) is 16.1. The van der Waals surface area contributed by atoms with Crippen LogP contribution in [-0.4, -0.2) is 32.1 Å². The highest BCUT2D eigenvalue weighted by Gasteiger charge is 2.30. The highest BCUT2D eigenvalue weighted by Crippen LogP contribution is 2.36. The molecule has 0 spiro atoms. The molecular formula is C26H29NO6S. The third-order valence-electron chi connectivity index (χ3n) is 5.11. The van der Waals surface area contributed by atoms with Crippen molar-refractivity contribution >= 4 is 21.7 Å². The quantitative estimate of drug-likeness (QED) is 0.422. The highest BCUT2D eigenvalue weighted by molar-refractivity contribution is 7.92. The van der Waals surface area contributed by atoms with Crippen LogP contribution in [-0.2, 0) is 16.6 Å². The normalized spacial score (nSPS) is 11.3. The van der Waals surface area contributed by atoms with Crippen molar-refractivity contribution in [3.63, 3.8) is 0 Å². The summed E-state index contributed by atoms with van der Waals surface area (Å²) in [5.41, 5.74) is 2.30. The van der Waals surface area contributed by atoms with Gasteiger partial charge in [-0.05, 0) is 87.4 Å². The molecule has 0 amide bonds. The number of ether oxygens (including phenoxy) is 2. The van der Waals surface area contributed by atoms with Gasteiger partial charge in [-0.15, -0.1) is 0 Å². The molecule has 1 N–H and O–H groups in total. The Bertz CT molecular complexity index is 1240. The molecule has 34 heavy (non-hydrogen) atoms. The number of hydrogen-bond donors (Lipinski definition) is 1. The van der Waals surface area contributed by atoms with Gasteiger partial charge in [0.2, 0.25) is 0 Å². The predicted molar refractivity (Wildman–Crippen MR) is 131 cm³/mol. The van der Waals surface area contributed by atoms with Crippen molar-refractivity contribution < 1.29 is 27.8 Å². The number of aryl methyl sites for hydroxylation is 1. The van der Waals surface area contributed by atoms with E-state index in [1.165, 1.54) is 28.6 Å². The summed E-state index contributed by atoms with van der Waals surface area (Å²) >= 11 is 0. The monoisotopic (exact) mass is 483 g/mol. The second-order valence-electron chi connectivity index (χ2n) is 8.06. The van der Waals surface area contributed by atoms with E-state index in [9.17, 15) is 13.2 Å². The average Bonchev–Trinajstić information content (AvgIpc) is 2.79. The summed E-state index contributed by atoms with van der Waals surface area (Å²) in [6.45, 7) is 8.03. The lowest BCUT2D eigenvalue weighted by Crippen LogP contribution is -2.37. The third kappa shape index (κ3) is 5.69. The summed E-state index contributed by atoms with van der Waals surface area (Å²) in [5.74, 6) is 0.0249. The van der Waals surface area contributed by atoms with Gasteiger partial charge in [0.05, 0.1) is 22.8 Å². The van der Waals surface area contributed by atoms with Gasteiger partial charge >= 0.3 is 5.97 Å². The summed E-state index contributed by atoms with van der Waals surface area (Å²) < 4.78 is 40.1. The topological polar surface area (TPSA) is 93.1 Å². The third-order valence-corrected chi connectivity index (χ3v) is 7.11. The molecular weight excluding hydrogens is 454 g/mol. The van der Waals surface area contributed by atoms with Crippen molar-refractivity contribution in [3.8, 4) is 11.5 Å². The maximum atomic E-state index is 13.6. The molecule has 0 aliphatic rings. The number of rotatable bonds is 10. The fraction of sp³-hybridized carbons (Fsp3) is 0.269. The number of benzene rings is 3. The van der Waals surface area contributed by atoms with E-state index in [1.807, 2.05) is 19.9 Å². The molecule has 0 radical (unpaired) electrons. The first-order valence-corrected chi connectivity index (χ1v) is 12.4. The van der Waals surface area contributed by atoms with Gasteiger partial charge in [-0.3, -0.25) is 4.31 Å². The molecule has 0 aliphatic carbocycles. The Hall–Kier alpha value is -3.52. The summed E-state index contributed by atoms with van der Waals surface area (Å²) in [7, 11) is -3.89. The van der Waals surface area contributed by atoms with Crippen LogP contribution in [0.2, 0.25) is 0 Å². The molecule has 0 aliphatic heterocycles. The lowest BCUT2D eigenvalue weighted by Gasteiger charge is -2.30. The van der Waals surface area contributed by atoms with E-state index in [0.717, 1.165) is 11.1 Å². The maximum Gasteiger partial charge on any atom is 0.335 e. The molecule has 0 aromatic heterocycles. The van der Waals surface area contributed by atoms with Crippen LogP contribution in [0.5, 0.6) is 11.5 Å². The van der Waals surface area contributed by atoms with Crippen LogP contribution in [0.4, 0.5) is 5.69 Å². The second-order valence-corrected chi connectivity index (χ2v) is 9.88. The van der Waals surface area contributed by atoms with Crippen molar-refractivity contribution in [1.82, 2.24) is 0 Å². The molecule has 3 rings (SSSR count). The number of aromatic carboxylic acids is 1. The molecule has 0 fully saturated rings. The zero-order valence-electron chi connectivity index (χ0n) is 19.7. The first-order valence-electron chi connectivity index (χ1n) is 11.0. The molecule has 3 aromatic carbocycles. The van der Waals surface area contributed by atoms with Gasteiger partial charge in [0.15, 0.2) is 0 Å². The molecule has 3 aromatic rings. The minimum absolute atomic E-state index is 0.153. The largest absolute Gasteiger partial charge is 0.494 e. The lowest BCUT2D eigenvalue weighted by molar-refractivity contribution is 0.0697. The maximum absolute atomic E-state index is 13.6. The van der Waals surface area contributed by atoms with Gasteiger partial charge in [-0.1, -0.05) is 18.2 Å². The van der Waals surface area contributed by atoms with E-state index in [1.54, 1.807) is 50.2 Å². The fourth-order valence-corrected chi connectivity index (χ4v) is 5.17. The number of carboxylic acids is 1. The van der Waals surface area contributed by atoms with Crippen molar-refractivity contribution in [1.29, 1.82) is 0 Å². The standard InChI is InChI=1S/C26H29NO6S/c1-5-32-22-11-13-23(14-12-22)34(30,31)27(18(2)3)24-15-6-19(4)16-25(24)33-17-20-7-9-21(10-8-20)26(28)29/h6-16,18H,5,17H2,1-4H3,(H,28,29). The number of anilines is 1. The van der Waals surface area contributed by atoms with Gasteiger partial charge in [-0.25, -0.2) is 13.2 Å². The van der Waals surface area contributed by atoms with E-state index in [0.29, 0.717) is 23.8 Å². The molecule has 0 bridgehead atoms. The van der Waals surface area contributed by atoms with Crippen LogP contribution in [0.3, 0.4) is 0 Å². The Balaban J connectivity index is 1.94. The Kier molecular flexibility index (Phi) is 7.83. The number of hydrogen-bond acceptors (Lipinski definition) is 5. The Morgan fingerprint density at radius 3 is 2.18 bits per heavy atom. The average molecular weight is 484 g/mol. The van der Waals surface area contributed by atoms with Crippen LogP contribution >= 0.6 is 0 Å². The van der Waals surface area contributed by atoms with Crippen molar-refractivity contribution in [2.24, 2.45) is 0 Å². The fourth-order valence-electron chi connectivity index (χ4n) is 3.50. The van der Waals surface area contributed by atoms with Gasteiger partial charge in [-0.2, -0.15) is 0 Å². The zero-order valence-corrected chi connectivity index (χ0v) is 20.5. The van der Waals surface area contributed by atoms with E-state index >= 15 is 0 Å². The smallest absolute Gasteiger partial charge is 0.335 e. The van der Waals surface area contributed by atoms with Gasteiger partial charge < -0.3 is 14.6 Å². The van der Waals surface area contributed by atoms with Crippen LogP contribution in [0.15, 0.2) is 71.6 Å². The number of nitrogens with zero attached hydrogens (tertiary/aromatic N) is 1. The lowest BCUT2D eigenvalue weighted by atomic mass is 10.1. The highest BCUT2D eigenvalue weighted by atomic mass is 32.2. The molecule has 180 valence electrons. The molecule has 0 unspecified atom stereocenters. The van der Waals surface area contributed by atoms with Crippen molar-refractivity contribution in [2.75, 3.05) is 10.9 Å². The molecule has 0 saturated heterocycles. The summed E-state index contributed by atoms with van der Waals surface area (Å²) in [5, 5.41) is 9.08. The van der Waals surface area contributed by atoms with E-state index in [-0.39, 0.29) is 23.1 Å². The summed E-state index contributed by atoms with van der Waals surface area (Å²) in [4.78, 5) is 11.2. The number of carboxylic acid groups (broad SMARTS) is 1. The zero-order chi connectivity index (χ0) is 24.9. The molecule has 7 nitrogen and oxygen atoms in total. The predicted octanol–water partition coefficient (Wildman–Crippen LogP) is 5.27. The molecule has 8 heteroatoms. The molecule has 0 heterocycles. The Morgan fingerprint density at radius 2 is 1.62 bits per heavy atom. The second kappa shape index (κ2) is 10.6. The summed E-state index contributed by atoms with van der Waals surface area (Å²) in [6, 6.07) is 17.7.